The second-order valence-corrected chi connectivity index (χ2v) is 7.22. The molecule has 2 aromatic rings. The Kier molecular flexibility index (Phi) is 8.69. The summed E-state index contributed by atoms with van der Waals surface area (Å²) in [5.74, 6) is -0.135. The molecule has 1 atom stereocenters. The zero-order chi connectivity index (χ0) is 21.2. The fourth-order valence-electron chi connectivity index (χ4n) is 2.52. The molecule has 0 aromatic heterocycles. The Morgan fingerprint density at radius 3 is 2.00 bits per heavy atom. The summed E-state index contributed by atoms with van der Waals surface area (Å²) in [6, 6.07) is 13.3. The van der Waals surface area contributed by atoms with Gasteiger partial charge in [0.25, 0.3) is 0 Å². The molecule has 0 spiro atoms. The van der Waals surface area contributed by atoms with E-state index in [2.05, 4.69) is 5.32 Å². The molecule has 0 aliphatic heterocycles. The van der Waals surface area contributed by atoms with Gasteiger partial charge in [0.05, 0.1) is 0 Å². The van der Waals surface area contributed by atoms with Crippen molar-refractivity contribution in [2.45, 2.75) is 32.2 Å². The van der Waals surface area contributed by atoms with Crippen LogP contribution in [-0.2, 0) is 26.7 Å². The standard InChI is InChI=1S/C21H23NO6S/c1-14(23)27-19-9-5-3-7-16(19)11-22-18(21(25)26)13-29-12-17-8-4-6-10-20(17)28-15(2)24/h3-10,18,22H,11-13H2,1-2H3,(H,25,26). The summed E-state index contributed by atoms with van der Waals surface area (Å²) in [5, 5.41) is 12.5. The molecule has 2 N–H and O–H groups in total. The first-order valence-electron chi connectivity index (χ1n) is 8.93. The number of rotatable bonds is 10. The Morgan fingerprint density at radius 1 is 0.931 bits per heavy atom. The number of carboxylic acid groups (broad SMARTS) is 1. The minimum Gasteiger partial charge on any atom is -0.480 e. The predicted molar refractivity (Wildman–Crippen MR) is 110 cm³/mol. The van der Waals surface area contributed by atoms with Crippen molar-refractivity contribution in [1.29, 1.82) is 0 Å². The van der Waals surface area contributed by atoms with Crippen LogP contribution < -0.4 is 14.8 Å². The van der Waals surface area contributed by atoms with Gasteiger partial charge in [-0.2, -0.15) is 11.8 Å². The van der Waals surface area contributed by atoms with Gasteiger partial charge < -0.3 is 14.6 Å². The summed E-state index contributed by atoms with van der Waals surface area (Å²) in [5.41, 5.74) is 1.51. The van der Waals surface area contributed by atoms with Gasteiger partial charge in [-0.05, 0) is 12.1 Å². The van der Waals surface area contributed by atoms with Crippen LogP contribution in [0.1, 0.15) is 25.0 Å². The molecule has 0 aliphatic rings. The lowest BCUT2D eigenvalue weighted by atomic mass is 10.2. The molecule has 0 heterocycles. The highest BCUT2D eigenvalue weighted by atomic mass is 32.2. The third-order valence-corrected chi connectivity index (χ3v) is 4.92. The predicted octanol–water partition coefficient (Wildman–Crippen LogP) is 3.01. The molecule has 0 bridgehead atoms. The van der Waals surface area contributed by atoms with E-state index in [1.807, 2.05) is 12.1 Å². The van der Waals surface area contributed by atoms with Crippen LogP contribution in [0.5, 0.6) is 11.5 Å². The van der Waals surface area contributed by atoms with Crippen LogP contribution in [0, 0.1) is 0 Å². The molecular formula is C21H23NO6S. The third-order valence-electron chi connectivity index (χ3n) is 3.83. The molecule has 0 saturated heterocycles. The SMILES string of the molecule is CC(=O)Oc1ccccc1CNC(CSCc1ccccc1OC(C)=O)C(=O)O. The van der Waals surface area contributed by atoms with E-state index in [1.165, 1.54) is 25.6 Å². The maximum atomic E-state index is 11.6. The average molecular weight is 417 g/mol. The average Bonchev–Trinajstić information content (AvgIpc) is 2.65. The first-order valence-corrected chi connectivity index (χ1v) is 10.1. The lowest BCUT2D eigenvalue weighted by Crippen LogP contribution is -2.38. The van der Waals surface area contributed by atoms with Crippen LogP contribution >= 0.6 is 11.8 Å². The third kappa shape index (κ3) is 7.59. The van der Waals surface area contributed by atoms with Gasteiger partial charge in [0.2, 0.25) is 0 Å². The van der Waals surface area contributed by atoms with Gasteiger partial charge in [0, 0.05) is 43.0 Å². The molecule has 0 aliphatic carbocycles. The van der Waals surface area contributed by atoms with E-state index in [1.54, 1.807) is 36.4 Å². The van der Waals surface area contributed by atoms with Crippen molar-refractivity contribution in [3.8, 4) is 11.5 Å². The second kappa shape index (κ2) is 11.2. The van der Waals surface area contributed by atoms with Gasteiger partial charge in [-0.3, -0.25) is 19.7 Å². The van der Waals surface area contributed by atoms with Gasteiger partial charge in [0.15, 0.2) is 0 Å². The molecule has 8 heteroatoms. The van der Waals surface area contributed by atoms with Gasteiger partial charge >= 0.3 is 17.9 Å². The van der Waals surface area contributed by atoms with Crippen LogP contribution in [0.2, 0.25) is 0 Å². The molecule has 0 fully saturated rings. The van der Waals surface area contributed by atoms with E-state index in [0.29, 0.717) is 28.6 Å². The van der Waals surface area contributed by atoms with Crippen LogP contribution in [0.3, 0.4) is 0 Å². The Labute approximate surface area is 173 Å². The molecule has 2 aromatic carbocycles. The number of para-hydroxylation sites is 2. The number of hydrogen-bond acceptors (Lipinski definition) is 7. The fourth-order valence-corrected chi connectivity index (χ4v) is 3.59. The number of nitrogens with one attached hydrogen (secondary N) is 1. The highest BCUT2D eigenvalue weighted by molar-refractivity contribution is 7.98. The lowest BCUT2D eigenvalue weighted by Gasteiger charge is -2.16. The zero-order valence-electron chi connectivity index (χ0n) is 16.2. The van der Waals surface area contributed by atoms with Crippen LogP contribution in [0.4, 0.5) is 0 Å². The smallest absolute Gasteiger partial charge is 0.321 e. The van der Waals surface area contributed by atoms with Crippen molar-refractivity contribution in [3.63, 3.8) is 0 Å². The molecule has 7 nitrogen and oxygen atoms in total. The molecule has 0 amide bonds. The zero-order valence-corrected chi connectivity index (χ0v) is 17.0. The first kappa shape index (κ1) is 22.4. The molecular weight excluding hydrogens is 394 g/mol. The number of carbonyl (C=O) groups excluding carboxylic acids is 2. The second-order valence-electron chi connectivity index (χ2n) is 6.19. The molecule has 29 heavy (non-hydrogen) atoms. The van der Waals surface area contributed by atoms with Crippen molar-refractivity contribution in [1.82, 2.24) is 5.32 Å². The number of aliphatic carboxylic acids is 1. The van der Waals surface area contributed by atoms with E-state index >= 15 is 0 Å². The Hall–Kier alpha value is -2.84. The Bertz CT molecular complexity index is 870. The number of benzene rings is 2. The maximum Gasteiger partial charge on any atom is 0.321 e. The summed E-state index contributed by atoms with van der Waals surface area (Å²) in [6.07, 6.45) is 0. The van der Waals surface area contributed by atoms with Crippen molar-refractivity contribution >= 4 is 29.7 Å². The number of carboxylic acids is 1. The molecule has 154 valence electrons. The molecule has 0 saturated carbocycles. The first-order chi connectivity index (χ1) is 13.9. The topological polar surface area (TPSA) is 102 Å². The number of esters is 2. The summed E-state index contributed by atoms with van der Waals surface area (Å²) >= 11 is 1.41. The van der Waals surface area contributed by atoms with E-state index in [4.69, 9.17) is 9.47 Å². The van der Waals surface area contributed by atoms with E-state index in [9.17, 15) is 19.5 Å². The summed E-state index contributed by atoms with van der Waals surface area (Å²) in [4.78, 5) is 34.0. The molecule has 2 rings (SSSR count). The highest BCUT2D eigenvalue weighted by Gasteiger charge is 2.18. The number of ether oxygens (including phenoxy) is 2. The summed E-state index contributed by atoms with van der Waals surface area (Å²) in [6.45, 7) is 2.89. The van der Waals surface area contributed by atoms with Crippen molar-refractivity contribution in [3.05, 3.63) is 59.7 Å². The quantitative estimate of drug-likeness (QED) is 0.449. The van der Waals surface area contributed by atoms with Crippen LogP contribution in [-0.4, -0.2) is 34.8 Å². The number of carbonyl (C=O) groups is 3. The lowest BCUT2D eigenvalue weighted by molar-refractivity contribution is -0.139. The van der Waals surface area contributed by atoms with Gasteiger partial charge in [-0.1, -0.05) is 36.4 Å². The minimum atomic E-state index is -0.976. The van der Waals surface area contributed by atoms with Crippen molar-refractivity contribution in [2.75, 3.05) is 5.75 Å². The van der Waals surface area contributed by atoms with Gasteiger partial charge in [-0.25, -0.2) is 0 Å². The Balaban J connectivity index is 1.94. The maximum absolute atomic E-state index is 11.6. The number of thioether (sulfide) groups is 1. The normalized spacial score (nSPS) is 11.5. The van der Waals surface area contributed by atoms with Crippen LogP contribution in [0.15, 0.2) is 48.5 Å². The van der Waals surface area contributed by atoms with E-state index in [0.717, 1.165) is 5.56 Å². The van der Waals surface area contributed by atoms with Gasteiger partial charge in [0.1, 0.15) is 17.5 Å². The summed E-state index contributed by atoms with van der Waals surface area (Å²) < 4.78 is 10.3. The fraction of sp³-hybridized carbons (Fsp3) is 0.286. The number of hydrogen-bond donors (Lipinski definition) is 2. The summed E-state index contributed by atoms with van der Waals surface area (Å²) in [7, 11) is 0. The van der Waals surface area contributed by atoms with Crippen molar-refractivity contribution < 1.29 is 29.0 Å². The molecule has 0 radical (unpaired) electrons. The van der Waals surface area contributed by atoms with Crippen LogP contribution in [0.25, 0.3) is 0 Å². The largest absolute Gasteiger partial charge is 0.480 e. The van der Waals surface area contributed by atoms with Crippen molar-refractivity contribution in [2.24, 2.45) is 0 Å². The van der Waals surface area contributed by atoms with E-state index in [-0.39, 0.29) is 6.54 Å². The Morgan fingerprint density at radius 2 is 1.45 bits per heavy atom. The monoisotopic (exact) mass is 417 g/mol. The molecule has 1 unspecified atom stereocenters. The van der Waals surface area contributed by atoms with E-state index < -0.39 is 23.9 Å². The van der Waals surface area contributed by atoms with Gasteiger partial charge in [-0.15, -0.1) is 0 Å². The highest BCUT2D eigenvalue weighted by Crippen LogP contribution is 2.24. The minimum absolute atomic E-state index is 0.241.